The number of carbonyl (C=O) groups excluding carboxylic acids is 1. The van der Waals surface area contributed by atoms with E-state index >= 15 is 0 Å². The minimum absolute atomic E-state index is 0.0951. The summed E-state index contributed by atoms with van der Waals surface area (Å²) in [5.41, 5.74) is 1.87. The summed E-state index contributed by atoms with van der Waals surface area (Å²) in [7, 11) is 1.98. The van der Waals surface area contributed by atoms with Crippen molar-refractivity contribution in [2.24, 2.45) is 7.05 Å². The molecule has 4 nitrogen and oxygen atoms in total. The lowest BCUT2D eigenvalue weighted by Gasteiger charge is -2.35. The highest BCUT2D eigenvalue weighted by Crippen LogP contribution is 2.23. The minimum atomic E-state index is 0.0951. The third-order valence-electron chi connectivity index (χ3n) is 3.83. The fourth-order valence-corrected chi connectivity index (χ4v) is 3.03. The number of morpholine rings is 1. The van der Waals surface area contributed by atoms with Gasteiger partial charge in [0.1, 0.15) is 0 Å². The van der Waals surface area contributed by atoms with Crippen LogP contribution in [0.3, 0.4) is 0 Å². The van der Waals surface area contributed by atoms with Gasteiger partial charge in [-0.3, -0.25) is 4.79 Å². The molecule has 1 fully saturated rings. The second-order valence-corrected chi connectivity index (χ2v) is 5.64. The molecule has 3 rings (SSSR count). The van der Waals surface area contributed by atoms with Crippen molar-refractivity contribution in [1.82, 2.24) is 9.47 Å². The second-order valence-electron chi connectivity index (χ2n) is 5.64. The zero-order chi connectivity index (χ0) is 14.3. The highest BCUT2D eigenvalue weighted by molar-refractivity contribution is 6.07. The van der Waals surface area contributed by atoms with E-state index in [2.05, 4.69) is 0 Å². The Morgan fingerprint density at radius 3 is 2.55 bits per heavy atom. The number of hydrogen-bond acceptors (Lipinski definition) is 2. The van der Waals surface area contributed by atoms with Gasteiger partial charge in [-0.25, -0.2) is 0 Å². The molecule has 1 aromatic carbocycles. The zero-order valence-corrected chi connectivity index (χ0v) is 12.2. The molecule has 0 unspecified atom stereocenters. The van der Waals surface area contributed by atoms with Gasteiger partial charge in [-0.1, -0.05) is 18.2 Å². The van der Waals surface area contributed by atoms with E-state index < -0.39 is 0 Å². The van der Waals surface area contributed by atoms with Gasteiger partial charge in [0.25, 0.3) is 5.91 Å². The maximum Gasteiger partial charge on any atom is 0.256 e. The van der Waals surface area contributed by atoms with Crippen LogP contribution in [0.2, 0.25) is 0 Å². The number of para-hydroxylation sites is 1. The first-order valence-electron chi connectivity index (χ1n) is 7.05. The van der Waals surface area contributed by atoms with Crippen LogP contribution in [0.5, 0.6) is 0 Å². The first-order chi connectivity index (χ1) is 9.56. The molecule has 0 radical (unpaired) electrons. The molecule has 106 valence electrons. The van der Waals surface area contributed by atoms with Crippen LogP contribution in [0.25, 0.3) is 10.9 Å². The van der Waals surface area contributed by atoms with E-state index in [9.17, 15) is 4.79 Å². The summed E-state index contributed by atoms with van der Waals surface area (Å²) in [5, 5.41) is 1.02. The normalized spacial score (nSPS) is 23.2. The lowest BCUT2D eigenvalue weighted by atomic mass is 10.1. The molecule has 0 spiro atoms. The lowest BCUT2D eigenvalue weighted by molar-refractivity contribution is -0.0585. The Labute approximate surface area is 118 Å². The highest BCUT2D eigenvalue weighted by atomic mass is 16.5. The number of hydrogen-bond donors (Lipinski definition) is 0. The average Bonchev–Trinajstić information content (AvgIpc) is 2.75. The number of aromatic nitrogens is 1. The van der Waals surface area contributed by atoms with Gasteiger partial charge in [-0.2, -0.15) is 0 Å². The topological polar surface area (TPSA) is 34.5 Å². The number of aryl methyl sites for hydroxylation is 1. The Balaban J connectivity index is 1.96. The molecule has 2 heterocycles. The molecule has 1 aliphatic heterocycles. The van der Waals surface area contributed by atoms with Crippen LogP contribution < -0.4 is 0 Å². The number of nitrogens with zero attached hydrogens (tertiary/aromatic N) is 2. The number of rotatable bonds is 1. The summed E-state index contributed by atoms with van der Waals surface area (Å²) in [6, 6.07) is 8.02. The number of benzene rings is 1. The number of carbonyl (C=O) groups is 1. The molecule has 2 aromatic rings. The van der Waals surface area contributed by atoms with Crippen molar-refractivity contribution in [3.05, 3.63) is 36.0 Å². The zero-order valence-electron chi connectivity index (χ0n) is 12.2. The average molecular weight is 272 g/mol. The molecule has 2 atom stereocenters. The molecule has 0 aliphatic carbocycles. The second kappa shape index (κ2) is 4.94. The van der Waals surface area contributed by atoms with Crippen LogP contribution in [0, 0.1) is 0 Å². The van der Waals surface area contributed by atoms with E-state index in [0.717, 1.165) is 16.5 Å². The molecule has 4 heteroatoms. The molecule has 1 saturated heterocycles. The monoisotopic (exact) mass is 272 g/mol. The molecular formula is C16H20N2O2. The minimum Gasteiger partial charge on any atom is -0.372 e. The Morgan fingerprint density at radius 1 is 1.20 bits per heavy atom. The Kier molecular flexibility index (Phi) is 3.26. The van der Waals surface area contributed by atoms with Crippen molar-refractivity contribution in [2.45, 2.75) is 26.1 Å². The van der Waals surface area contributed by atoms with E-state index in [1.807, 2.05) is 60.8 Å². The van der Waals surface area contributed by atoms with Gasteiger partial charge >= 0.3 is 0 Å². The molecule has 0 bridgehead atoms. The standard InChI is InChI=1S/C16H20N2O2/c1-11-8-18(9-12(2)20-11)16(19)14-10-17(3)15-7-5-4-6-13(14)15/h4-7,10-12H,8-9H2,1-3H3/t11-,12+. The van der Waals surface area contributed by atoms with Crippen molar-refractivity contribution in [3.8, 4) is 0 Å². The molecule has 20 heavy (non-hydrogen) atoms. The summed E-state index contributed by atoms with van der Waals surface area (Å²) >= 11 is 0. The number of ether oxygens (including phenoxy) is 1. The molecule has 0 saturated carbocycles. The van der Waals surface area contributed by atoms with Crippen LogP contribution in [-0.2, 0) is 11.8 Å². The third-order valence-corrected chi connectivity index (χ3v) is 3.83. The van der Waals surface area contributed by atoms with Gasteiger partial charge in [-0.05, 0) is 19.9 Å². The van der Waals surface area contributed by atoms with Crippen molar-refractivity contribution in [3.63, 3.8) is 0 Å². The van der Waals surface area contributed by atoms with Crippen LogP contribution in [0.1, 0.15) is 24.2 Å². The number of fused-ring (bicyclic) bond motifs is 1. The van der Waals surface area contributed by atoms with Gasteiger partial charge < -0.3 is 14.2 Å². The molecule has 1 aliphatic rings. The predicted molar refractivity (Wildman–Crippen MR) is 78.8 cm³/mol. The highest BCUT2D eigenvalue weighted by Gasteiger charge is 2.28. The Bertz CT molecular complexity index is 637. The van der Waals surface area contributed by atoms with Gasteiger partial charge in [0, 0.05) is 37.2 Å². The van der Waals surface area contributed by atoms with E-state index in [4.69, 9.17) is 4.74 Å². The van der Waals surface area contributed by atoms with E-state index in [0.29, 0.717) is 13.1 Å². The summed E-state index contributed by atoms with van der Waals surface area (Å²) in [5.74, 6) is 0.101. The molecule has 1 aromatic heterocycles. The first-order valence-corrected chi connectivity index (χ1v) is 7.05. The van der Waals surface area contributed by atoms with Crippen LogP contribution in [0.15, 0.2) is 30.5 Å². The fraction of sp³-hybridized carbons (Fsp3) is 0.438. The van der Waals surface area contributed by atoms with E-state index in [-0.39, 0.29) is 18.1 Å². The third kappa shape index (κ3) is 2.20. The Morgan fingerprint density at radius 2 is 1.85 bits per heavy atom. The predicted octanol–water partition coefficient (Wildman–Crippen LogP) is 2.43. The van der Waals surface area contributed by atoms with Gasteiger partial charge in [0.05, 0.1) is 17.8 Å². The molecule has 1 amide bonds. The summed E-state index contributed by atoms with van der Waals surface area (Å²) in [6.45, 7) is 5.34. The van der Waals surface area contributed by atoms with E-state index in [1.165, 1.54) is 0 Å². The van der Waals surface area contributed by atoms with Gasteiger partial charge in [0.15, 0.2) is 0 Å². The molecule has 0 N–H and O–H groups in total. The maximum atomic E-state index is 12.8. The van der Waals surface area contributed by atoms with Crippen LogP contribution in [0.4, 0.5) is 0 Å². The van der Waals surface area contributed by atoms with Crippen molar-refractivity contribution in [2.75, 3.05) is 13.1 Å². The van der Waals surface area contributed by atoms with E-state index in [1.54, 1.807) is 0 Å². The smallest absolute Gasteiger partial charge is 0.256 e. The molecular weight excluding hydrogens is 252 g/mol. The summed E-state index contributed by atoms with van der Waals surface area (Å²) in [6.07, 6.45) is 2.12. The SMILES string of the molecule is C[C@@H]1CN(C(=O)c2cn(C)c3ccccc23)C[C@H](C)O1. The van der Waals surface area contributed by atoms with Crippen molar-refractivity contribution >= 4 is 16.8 Å². The van der Waals surface area contributed by atoms with Crippen LogP contribution in [-0.4, -0.2) is 40.7 Å². The first kappa shape index (κ1) is 13.2. The Hall–Kier alpha value is -1.81. The quantitative estimate of drug-likeness (QED) is 0.799. The summed E-state index contributed by atoms with van der Waals surface area (Å²) < 4.78 is 7.71. The van der Waals surface area contributed by atoms with Gasteiger partial charge in [0.2, 0.25) is 0 Å². The van der Waals surface area contributed by atoms with Gasteiger partial charge in [-0.15, -0.1) is 0 Å². The van der Waals surface area contributed by atoms with Crippen LogP contribution >= 0.6 is 0 Å². The fourth-order valence-electron chi connectivity index (χ4n) is 3.03. The number of amides is 1. The maximum absolute atomic E-state index is 12.8. The summed E-state index contributed by atoms with van der Waals surface area (Å²) in [4.78, 5) is 14.7. The van der Waals surface area contributed by atoms with Crippen molar-refractivity contribution in [1.29, 1.82) is 0 Å². The largest absolute Gasteiger partial charge is 0.372 e. The van der Waals surface area contributed by atoms with Crippen molar-refractivity contribution < 1.29 is 9.53 Å². The lowest BCUT2D eigenvalue weighted by Crippen LogP contribution is -2.48.